The van der Waals surface area contributed by atoms with Crippen molar-refractivity contribution in [1.29, 1.82) is 0 Å². The minimum absolute atomic E-state index is 0.0123. The SMILES string of the molecule is Cc1cnc2c(C(=O)c3cccs3)cnn2c1-c1cccc(NC(=O)CC(C)C)c1. The van der Waals surface area contributed by atoms with E-state index in [4.69, 9.17) is 0 Å². The Morgan fingerprint density at radius 3 is 2.73 bits per heavy atom. The van der Waals surface area contributed by atoms with Crippen LogP contribution in [0.2, 0.25) is 0 Å². The van der Waals surface area contributed by atoms with Crippen LogP contribution in [0.25, 0.3) is 16.9 Å². The first-order valence-corrected chi connectivity index (χ1v) is 10.6. The van der Waals surface area contributed by atoms with E-state index < -0.39 is 0 Å². The fourth-order valence-electron chi connectivity index (χ4n) is 3.39. The van der Waals surface area contributed by atoms with Gasteiger partial charge in [-0.3, -0.25) is 9.59 Å². The number of benzene rings is 1. The highest BCUT2D eigenvalue weighted by Gasteiger charge is 2.20. The Hall–Kier alpha value is -3.32. The van der Waals surface area contributed by atoms with Gasteiger partial charge in [-0.1, -0.05) is 32.0 Å². The molecule has 0 saturated carbocycles. The van der Waals surface area contributed by atoms with E-state index in [2.05, 4.69) is 15.4 Å². The molecule has 1 N–H and O–H groups in total. The number of anilines is 1. The molecule has 4 rings (SSSR count). The molecular weight excluding hydrogens is 396 g/mol. The summed E-state index contributed by atoms with van der Waals surface area (Å²) in [5.41, 5.74) is 4.37. The first-order valence-electron chi connectivity index (χ1n) is 9.76. The van der Waals surface area contributed by atoms with Crippen LogP contribution in [0, 0.1) is 12.8 Å². The van der Waals surface area contributed by atoms with Gasteiger partial charge in [-0.2, -0.15) is 5.10 Å². The van der Waals surface area contributed by atoms with Crippen molar-refractivity contribution in [2.75, 3.05) is 5.32 Å². The van der Waals surface area contributed by atoms with Crippen LogP contribution in [0.15, 0.2) is 54.2 Å². The van der Waals surface area contributed by atoms with Gasteiger partial charge in [0.2, 0.25) is 11.7 Å². The van der Waals surface area contributed by atoms with E-state index in [0.717, 1.165) is 22.5 Å². The Balaban J connectivity index is 1.74. The first kappa shape index (κ1) is 20.0. The van der Waals surface area contributed by atoms with Gasteiger partial charge in [0, 0.05) is 23.9 Å². The molecule has 30 heavy (non-hydrogen) atoms. The van der Waals surface area contributed by atoms with Crippen LogP contribution in [0.3, 0.4) is 0 Å². The number of ketones is 1. The van der Waals surface area contributed by atoms with Crippen molar-refractivity contribution in [1.82, 2.24) is 14.6 Å². The Morgan fingerprint density at radius 2 is 2.00 bits per heavy atom. The molecular formula is C23H22N4O2S. The smallest absolute Gasteiger partial charge is 0.224 e. The third-order valence-corrected chi connectivity index (χ3v) is 5.58. The highest BCUT2D eigenvalue weighted by atomic mass is 32.1. The fourth-order valence-corrected chi connectivity index (χ4v) is 4.07. The van der Waals surface area contributed by atoms with Crippen molar-refractivity contribution >= 4 is 34.4 Å². The predicted octanol–water partition coefficient (Wildman–Crippen LogP) is 4.98. The zero-order valence-electron chi connectivity index (χ0n) is 17.0. The maximum atomic E-state index is 12.8. The second-order valence-corrected chi connectivity index (χ2v) is 8.56. The lowest BCUT2D eigenvalue weighted by Crippen LogP contribution is -2.13. The second kappa shape index (κ2) is 8.20. The van der Waals surface area contributed by atoms with E-state index in [9.17, 15) is 9.59 Å². The molecule has 0 bridgehead atoms. The zero-order valence-corrected chi connectivity index (χ0v) is 17.9. The van der Waals surface area contributed by atoms with Gasteiger partial charge in [-0.25, -0.2) is 9.50 Å². The number of hydrogen-bond acceptors (Lipinski definition) is 5. The van der Waals surface area contributed by atoms with E-state index in [0.29, 0.717) is 28.4 Å². The highest BCUT2D eigenvalue weighted by molar-refractivity contribution is 7.12. The number of carbonyl (C=O) groups excluding carboxylic acids is 2. The number of nitrogens with one attached hydrogen (secondary N) is 1. The molecule has 7 heteroatoms. The molecule has 3 heterocycles. The van der Waals surface area contributed by atoms with Crippen molar-refractivity contribution < 1.29 is 9.59 Å². The molecule has 0 unspecified atom stereocenters. The number of carbonyl (C=O) groups is 2. The monoisotopic (exact) mass is 418 g/mol. The number of thiophene rings is 1. The molecule has 0 aliphatic carbocycles. The number of aryl methyl sites for hydroxylation is 1. The second-order valence-electron chi connectivity index (χ2n) is 7.62. The minimum atomic E-state index is -0.0861. The molecule has 0 atom stereocenters. The normalized spacial score (nSPS) is 11.2. The average Bonchev–Trinajstić information content (AvgIpc) is 3.37. The van der Waals surface area contributed by atoms with Crippen LogP contribution in [0.4, 0.5) is 5.69 Å². The molecule has 1 aromatic carbocycles. The van der Waals surface area contributed by atoms with Gasteiger partial charge in [0.05, 0.1) is 22.3 Å². The van der Waals surface area contributed by atoms with Crippen LogP contribution >= 0.6 is 11.3 Å². The Morgan fingerprint density at radius 1 is 1.17 bits per heavy atom. The fraction of sp³-hybridized carbons (Fsp3) is 0.217. The molecule has 0 saturated heterocycles. The predicted molar refractivity (Wildman–Crippen MR) is 119 cm³/mol. The Labute approximate surface area is 178 Å². The van der Waals surface area contributed by atoms with Gasteiger partial charge in [-0.15, -0.1) is 11.3 Å². The Bertz CT molecular complexity index is 1230. The summed E-state index contributed by atoms with van der Waals surface area (Å²) in [5, 5.41) is 9.30. The van der Waals surface area contributed by atoms with Gasteiger partial charge in [0.1, 0.15) is 0 Å². The Kier molecular flexibility index (Phi) is 5.46. The first-order chi connectivity index (χ1) is 14.4. The van der Waals surface area contributed by atoms with Crippen LogP contribution in [-0.4, -0.2) is 26.3 Å². The summed E-state index contributed by atoms with van der Waals surface area (Å²) < 4.78 is 1.70. The summed E-state index contributed by atoms with van der Waals surface area (Å²) in [6, 6.07) is 11.3. The number of fused-ring (bicyclic) bond motifs is 1. The summed E-state index contributed by atoms with van der Waals surface area (Å²) >= 11 is 1.40. The topological polar surface area (TPSA) is 76.4 Å². The molecule has 1 amide bonds. The van der Waals surface area contributed by atoms with Crippen molar-refractivity contribution in [2.24, 2.45) is 5.92 Å². The molecule has 0 fully saturated rings. The van der Waals surface area contributed by atoms with Crippen molar-refractivity contribution in [3.63, 3.8) is 0 Å². The van der Waals surface area contributed by atoms with E-state index in [-0.39, 0.29) is 11.7 Å². The molecule has 3 aromatic heterocycles. The zero-order chi connectivity index (χ0) is 21.3. The van der Waals surface area contributed by atoms with Crippen molar-refractivity contribution in [2.45, 2.75) is 27.2 Å². The molecule has 0 spiro atoms. The highest BCUT2D eigenvalue weighted by Crippen LogP contribution is 2.28. The number of rotatable bonds is 6. The van der Waals surface area contributed by atoms with E-state index >= 15 is 0 Å². The summed E-state index contributed by atoms with van der Waals surface area (Å²) in [5.74, 6) is 0.192. The van der Waals surface area contributed by atoms with Crippen LogP contribution in [0.5, 0.6) is 0 Å². The number of amides is 1. The lowest BCUT2D eigenvalue weighted by molar-refractivity contribution is -0.116. The maximum absolute atomic E-state index is 12.8. The lowest BCUT2D eigenvalue weighted by atomic mass is 10.1. The van der Waals surface area contributed by atoms with Crippen molar-refractivity contribution in [3.8, 4) is 11.3 Å². The third kappa shape index (κ3) is 3.89. The van der Waals surface area contributed by atoms with Gasteiger partial charge >= 0.3 is 0 Å². The van der Waals surface area contributed by atoms with Gasteiger partial charge in [0.25, 0.3) is 0 Å². The molecule has 6 nitrogen and oxygen atoms in total. The van der Waals surface area contributed by atoms with Gasteiger partial charge < -0.3 is 5.32 Å². The average molecular weight is 419 g/mol. The maximum Gasteiger partial charge on any atom is 0.224 e. The summed E-state index contributed by atoms with van der Waals surface area (Å²) in [6.07, 6.45) is 3.79. The van der Waals surface area contributed by atoms with Crippen LogP contribution in [-0.2, 0) is 4.79 Å². The van der Waals surface area contributed by atoms with Crippen molar-refractivity contribution in [3.05, 3.63) is 70.2 Å². The lowest BCUT2D eigenvalue weighted by Gasteiger charge is -2.12. The number of nitrogens with zero attached hydrogens (tertiary/aromatic N) is 3. The standard InChI is InChI=1S/C23H22N4O2S/c1-14(2)10-20(28)26-17-7-4-6-16(11-17)21-15(3)12-24-23-18(13-25-27(21)23)22(29)19-8-5-9-30-19/h4-9,11-14H,10H2,1-3H3,(H,26,28). The molecule has 0 radical (unpaired) electrons. The quantitative estimate of drug-likeness (QED) is 0.448. The number of hydrogen-bond donors (Lipinski definition) is 1. The van der Waals surface area contributed by atoms with Gasteiger partial charge in [0.15, 0.2) is 5.65 Å². The largest absolute Gasteiger partial charge is 0.326 e. The number of aromatic nitrogens is 3. The minimum Gasteiger partial charge on any atom is -0.326 e. The van der Waals surface area contributed by atoms with E-state index in [1.807, 2.05) is 56.5 Å². The molecule has 4 aromatic rings. The summed E-state index contributed by atoms with van der Waals surface area (Å²) in [7, 11) is 0. The summed E-state index contributed by atoms with van der Waals surface area (Å²) in [4.78, 5) is 30.1. The van der Waals surface area contributed by atoms with E-state index in [1.54, 1.807) is 23.0 Å². The molecule has 152 valence electrons. The van der Waals surface area contributed by atoms with Crippen LogP contribution in [0.1, 0.15) is 41.1 Å². The van der Waals surface area contributed by atoms with Crippen LogP contribution < -0.4 is 5.32 Å². The third-order valence-electron chi connectivity index (χ3n) is 4.71. The molecule has 0 aliphatic rings. The summed E-state index contributed by atoms with van der Waals surface area (Å²) in [6.45, 7) is 5.98. The van der Waals surface area contributed by atoms with Gasteiger partial charge in [-0.05, 0) is 42.0 Å². The van der Waals surface area contributed by atoms with E-state index in [1.165, 1.54) is 11.3 Å². The molecule has 0 aliphatic heterocycles.